The summed E-state index contributed by atoms with van der Waals surface area (Å²) < 4.78 is 46.7. The van der Waals surface area contributed by atoms with Crippen LogP contribution >= 0.6 is 0 Å². The smallest absolute Gasteiger partial charge is 0.383 e. The van der Waals surface area contributed by atoms with Gasteiger partial charge in [0.1, 0.15) is 11.3 Å². The minimum atomic E-state index is -4.47. The molecule has 0 saturated carbocycles. The van der Waals surface area contributed by atoms with Crippen LogP contribution in [0.1, 0.15) is 62.1 Å². The van der Waals surface area contributed by atoms with Crippen molar-refractivity contribution >= 4 is 34.2 Å². The molecule has 0 radical (unpaired) electrons. The number of hydrogen-bond acceptors (Lipinski definition) is 6. The van der Waals surface area contributed by atoms with E-state index in [1.54, 1.807) is 31.6 Å². The fourth-order valence-corrected chi connectivity index (χ4v) is 4.70. The number of benzene rings is 1. The summed E-state index contributed by atoms with van der Waals surface area (Å²) in [6, 6.07) is 2.71. The van der Waals surface area contributed by atoms with Gasteiger partial charge in [-0.05, 0) is 63.3 Å². The van der Waals surface area contributed by atoms with Gasteiger partial charge in [0.25, 0.3) is 0 Å². The quantitative estimate of drug-likeness (QED) is 0.478. The number of halogens is 3. The summed E-state index contributed by atoms with van der Waals surface area (Å²) in [5, 5.41) is 7.53. The topological polar surface area (TPSA) is 115 Å². The fourth-order valence-electron chi connectivity index (χ4n) is 4.70. The molecule has 2 unspecified atom stereocenters. The first-order valence-electron chi connectivity index (χ1n) is 12.1. The van der Waals surface area contributed by atoms with Crippen molar-refractivity contribution < 1.29 is 27.5 Å². The molecule has 0 aliphatic carbocycles. The molecule has 1 saturated heterocycles. The van der Waals surface area contributed by atoms with Crippen LogP contribution in [0.4, 0.5) is 24.7 Å². The van der Waals surface area contributed by atoms with Gasteiger partial charge in [0, 0.05) is 13.2 Å². The number of hydrogen-bond donors (Lipinski definition) is 2. The van der Waals surface area contributed by atoms with Gasteiger partial charge in [-0.25, -0.2) is 9.67 Å². The number of fused-ring (bicyclic) bond motifs is 1. The molecule has 0 spiro atoms. The first-order chi connectivity index (χ1) is 17.5. The van der Waals surface area contributed by atoms with E-state index in [1.807, 2.05) is 0 Å². The van der Waals surface area contributed by atoms with Crippen LogP contribution < -0.4 is 11.1 Å². The molecule has 1 aliphatic heterocycles. The zero-order valence-electron chi connectivity index (χ0n) is 20.8. The van der Waals surface area contributed by atoms with Gasteiger partial charge >= 0.3 is 18.0 Å². The van der Waals surface area contributed by atoms with Crippen LogP contribution in [-0.2, 0) is 20.5 Å². The molecule has 1 aromatic carbocycles. The minimum Gasteiger partial charge on any atom is -0.383 e. The lowest BCUT2D eigenvalue weighted by molar-refractivity contribution is -0.144. The monoisotopic (exact) mass is 518 g/mol. The Morgan fingerprint density at radius 2 is 2.05 bits per heavy atom. The first kappa shape index (κ1) is 26.4. The highest BCUT2D eigenvalue weighted by Crippen LogP contribution is 2.34. The standard InChI is InChI=1S/C25H29F3N6O3/c1-4-33(15(3)17-9-8-16(11-14(17)2)25(26,27)28)24(36)23(35)32-19-13-30-22(29)18-12-31-34(21(18)19)20-7-5-6-10-37-20/h8-9,11-13,15,20H,4-7,10H2,1-3H3,(H2,29,30)(H,32,35). The van der Waals surface area contributed by atoms with Crippen molar-refractivity contribution in [2.75, 3.05) is 24.2 Å². The number of aryl methyl sites for hydroxylation is 1. The van der Waals surface area contributed by atoms with Crippen LogP contribution in [0.3, 0.4) is 0 Å². The molecule has 2 amide bonds. The molecule has 4 rings (SSSR count). The van der Waals surface area contributed by atoms with Crippen LogP contribution in [0, 0.1) is 6.92 Å². The lowest BCUT2D eigenvalue weighted by Crippen LogP contribution is -2.41. The van der Waals surface area contributed by atoms with E-state index >= 15 is 0 Å². The summed E-state index contributed by atoms with van der Waals surface area (Å²) in [6.45, 7) is 5.66. The third-order valence-electron chi connectivity index (χ3n) is 6.65. The summed E-state index contributed by atoms with van der Waals surface area (Å²) in [6.07, 6.45) is 0.735. The van der Waals surface area contributed by atoms with Gasteiger partial charge in [0.05, 0.1) is 35.1 Å². The Kier molecular flexibility index (Phi) is 7.39. The molecule has 2 atom stereocenters. The summed E-state index contributed by atoms with van der Waals surface area (Å²) in [5.41, 5.74) is 6.88. The highest BCUT2D eigenvalue weighted by atomic mass is 19.4. The summed E-state index contributed by atoms with van der Waals surface area (Å²) in [7, 11) is 0. The first-order valence-corrected chi connectivity index (χ1v) is 12.1. The number of amides is 2. The molecule has 3 N–H and O–H groups in total. The third kappa shape index (κ3) is 5.24. The van der Waals surface area contributed by atoms with Gasteiger partial charge in [-0.3, -0.25) is 9.59 Å². The van der Waals surface area contributed by atoms with Gasteiger partial charge in [-0.1, -0.05) is 6.07 Å². The second-order valence-corrected chi connectivity index (χ2v) is 9.02. The van der Waals surface area contributed by atoms with Crippen molar-refractivity contribution in [3.63, 3.8) is 0 Å². The number of nitrogen functional groups attached to an aromatic ring is 1. The molecular formula is C25H29F3N6O3. The molecule has 12 heteroatoms. The predicted molar refractivity (Wildman–Crippen MR) is 131 cm³/mol. The maximum absolute atomic E-state index is 13.2. The van der Waals surface area contributed by atoms with Crippen molar-refractivity contribution in [2.45, 2.75) is 58.5 Å². The Hall–Kier alpha value is -3.67. The number of likely N-dealkylation sites (N-methyl/N-ethyl adjacent to an activating group) is 1. The molecule has 0 bridgehead atoms. The Balaban J connectivity index is 1.59. The molecule has 1 fully saturated rings. The summed E-state index contributed by atoms with van der Waals surface area (Å²) >= 11 is 0. The lowest BCUT2D eigenvalue weighted by atomic mass is 9.98. The van der Waals surface area contributed by atoms with Gasteiger partial charge in [-0.2, -0.15) is 18.3 Å². The second-order valence-electron chi connectivity index (χ2n) is 9.02. The molecule has 1 aliphatic rings. The summed E-state index contributed by atoms with van der Waals surface area (Å²) in [5.74, 6) is -1.52. The average Bonchev–Trinajstić information content (AvgIpc) is 3.32. The molecule has 3 aromatic rings. The van der Waals surface area contributed by atoms with Gasteiger partial charge < -0.3 is 20.7 Å². The number of carbonyl (C=O) groups is 2. The molecule has 2 aromatic heterocycles. The number of alkyl halides is 3. The maximum atomic E-state index is 13.2. The largest absolute Gasteiger partial charge is 0.416 e. The Labute approximate surface area is 211 Å². The van der Waals surface area contributed by atoms with Crippen LogP contribution in [0.25, 0.3) is 10.9 Å². The van der Waals surface area contributed by atoms with Crippen molar-refractivity contribution in [1.82, 2.24) is 19.7 Å². The van der Waals surface area contributed by atoms with Gasteiger partial charge in [0.2, 0.25) is 0 Å². The number of ether oxygens (including phenoxy) is 1. The Morgan fingerprint density at radius 1 is 1.30 bits per heavy atom. The van der Waals surface area contributed by atoms with E-state index < -0.39 is 29.6 Å². The molecule has 3 heterocycles. The third-order valence-corrected chi connectivity index (χ3v) is 6.65. The zero-order chi connectivity index (χ0) is 26.9. The summed E-state index contributed by atoms with van der Waals surface area (Å²) in [4.78, 5) is 31.7. The number of rotatable bonds is 5. The van der Waals surface area contributed by atoms with E-state index in [4.69, 9.17) is 10.5 Å². The number of nitrogens with two attached hydrogens (primary N) is 1. The van der Waals surface area contributed by atoms with E-state index in [9.17, 15) is 22.8 Å². The van der Waals surface area contributed by atoms with Gasteiger partial charge in [-0.15, -0.1) is 0 Å². The second kappa shape index (κ2) is 10.4. The molecule has 37 heavy (non-hydrogen) atoms. The number of pyridine rings is 1. The normalized spacial score (nSPS) is 17.0. The van der Waals surface area contributed by atoms with Gasteiger partial charge in [0.15, 0.2) is 6.23 Å². The lowest BCUT2D eigenvalue weighted by Gasteiger charge is -2.29. The van der Waals surface area contributed by atoms with Crippen molar-refractivity contribution in [2.24, 2.45) is 0 Å². The maximum Gasteiger partial charge on any atom is 0.416 e. The predicted octanol–water partition coefficient (Wildman–Crippen LogP) is 4.59. The van der Waals surface area contributed by atoms with Crippen molar-refractivity contribution in [3.8, 4) is 0 Å². The number of nitrogens with one attached hydrogen (secondary N) is 1. The van der Waals surface area contributed by atoms with E-state index in [0.717, 1.165) is 31.4 Å². The Bertz CT molecular complexity index is 1320. The number of carbonyl (C=O) groups excluding carboxylic acids is 2. The van der Waals surface area contributed by atoms with E-state index in [1.165, 1.54) is 17.2 Å². The van der Waals surface area contributed by atoms with Crippen LogP contribution in [0.5, 0.6) is 0 Å². The van der Waals surface area contributed by atoms with Crippen LogP contribution in [-0.4, -0.2) is 44.6 Å². The Morgan fingerprint density at radius 3 is 2.68 bits per heavy atom. The minimum absolute atomic E-state index is 0.164. The highest BCUT2D eigenvalue weighted by Gasteiger charge is 2.32. The average molecular weight is 519 g/mol. The molecule has 198 valence electrons. The molecular weight excluding hydrogens is 489 g/mol. The van der Waals surface area contributed by atoms with E-state index in [-0.39, 0.29) is 24.3 Å². The number of anilines is 2. The van der Waals surface area contributed by atoms with Crippen LogP contribution in [0.2, 0.25) is 0 Å². The fraction of sp³-hybridized carbons (Fsp3) is 0.440. The number of aromatic nitrogens is 3. The van der Waals surface area contributed by atoms with E-state index in [0.29, 0.717) is 28.6 Å². The van der Waals surface area contributed by atoms with E-state index in [2.05, 4.69) is 15.4 Å². The van der Waals surface area contributed by atoms with Crippen molar-refractivity contribution in [1.29, 1.82) is 0 Å². The highest BCUT2D eigenvalue weighted by molar-refractivity contribution is 6.40. The van der Waals surface area contributed by atoms with Crippen molar-refractivity contribution in [3.05, 3.63) is 47.3 Å². The molecule has 9 nitrogen and oxygen atoms in total. The zero-order valence-corrected chi connectivity index (χ0v) is 20.8. The SMILES string of the molecule is CCN(C(=O)C(=O)Nc1cnc(N)c2cnn(C3CCCCO3)c12)C(C)c1ccc(C(F)(F)F)cc1C. The number of nitrogens with zero attached hydrogens (tertiary/aromatic N) is 4. The van der Waals surface area contributed by atoms with Crippen LogP contribution in [0.15, 0.2) is 30.6 Å².